The fourth-order valence-corrected chi connectivity index (χ4v) is 10.8. The molecule has 0 aromatic carbocycles. The average molecular weight is 643 g/mol. The van der Waals surface area contributed by atoms with Crippen molar-refractivity contribution < 1.29 is 59.5 Å². The number of rotatable bonds is 7. The Labute approximate surface area is 265 Å². The fraction of sp³-hybridized carbons (Fsp3) is 0.970. The van der Waals surface area contributed by atoms with Gasteiger partial charge in [0.1, 0.15) is 54.6 Å². The van der Waals surface area contributed by atoms with Crippen molar-refractivity contribution in [2.24, 2.45) is 40.4 Å². The van der Waals surface area contributed by atoms with Gasteiger partial charge in [-0.2, -0.15) is 0 Å². The molecule has 0 unspecified atom stereocenters. The molecule has 6 fully saturated rings. The summed E-state index contributed by atoms with van der Waals surface area (Å²) < 4.78 is 23.7. The molecule has 0 bridgehead atoms. The van der Waals surface area contributed by atoms with E-state index < -0.39 is 74.6 Å². The summed E-state index contributed by atoms with van der Waals surface area (Å²) in [5, 5.41) is 72.1. The first-order chi connectivity index (χ1) is 21.3. The molecular weight excluding hydrogens is 588 g/mol. The lowest BCUT2D eigenvalue weighted by atomic mass is 9.44. The van der Waals surface area contributed by atoms with E-state index in [9.17, 15) is 40.5 Å². The molecule has 0 aromatic heterocycles. The molecule has 258 valence electrons. The van der Waals surface area contributed by atoms with Gasteiger partial charge in [-0.1, -0.05) is 13.8 Å². The molecule has 0 amide bonds. The molecule has 4 aliphatic carbocycles. The number of carbonyl (C=O) groups excluding carboxylic acids is 1. The molecule has 12 nitrogen and oxygen atoms in total. The van der Waals surface area contributed by atoms with Gasteiger partial charge in [-0.15, -0.1) is 0 Å². The number of hydrogen-bond donors (Lipinski definition) is 7. The van der Waals surface area contributed by atoms with Gasteiger partial charge >= 0.3 is 0 Å². The van der Waals surface area contributed by atoms with Crippen LogP contribution in [-0.2, 0) is 23.7 Å². The Morgan fingerprint density at radius 1 is 0.711 bits per heavy atom. The number of aliphatic hydroxyl groups excluding tert-OH is 7. The average Bonchev–Trinajstić information content (AvgIpc) is 3.38. The minimum atomic E-state index is -1.71. The minimum absolute atomic E-state index is 0.111. The van der Waals surface area contributed by atoms with Crippen molar-refractivity contribution in [3.05, 3.63) is 0 Å². The van der Waals surface area contributed by atoms with Crippen LogP contribution in [0.15, 0.2) is 0 Å². The lowest BCUT2D eigenvalue weighted by Gasteiger charge is -2.61. The topological polar surface area (TPSA) is 196 Å². The third-order valence-electron chi connectivity index (χ3n) is 13.4. The Hall–Kier alpha value is -0.770. The van der Waals surface area contributed by atoms with E-state index in [2.05, 4.69) is 13.8 Å². The van der Waals surface area contributed by atoms with Gasteiger partial charge in [-0.3, -0.25) is 4.79 Å². The van der Waals surface area contributed by atoms with Crippen LogP contribution < -0.4 is 0 Å². The Morgan fingerprint density at radius 2 is 1.33 bits per heavy atom. The highest BCUT2D eigenvalue weighted by atomic mass is 16.8. The maximum atomic E-state index is 12.5. The van der Waals surface area contributed by atoms with Gasteiger partial charge in [0, 0.05) is 5.92 Å². The second-order valence-corrected chi connectivity index (χ2v) is 15.5. The van der Waals surface area contributed by atoms with E-state index in [4.69, 9.17) is 18.9 Å². The SMILES string of the molecule is CC(=O)[C@H]1CC[C@H]2[C@@H]3CC[C@@H]4C[C@@H](O[C@@H]5O[C@H](CO)[C@H](O)[C@H](O)[C@H]5O[C@@H]5O[C@H](CO)[C@@H](O)[C@H](O)[C@H]5O)CC[C@]4(C)[C@H]3CC[C@]12C. The van der Waals surface area contributed by atoms with Gasteiger partial charge in [-0.25, -0.2) is 0 Å². The molecule has 6 rings (SSSR count). The molecule has 4 saturated carbocycles. The molecule has 45 heavy (non-hydrogen) atoms. The predicted molar refractivity (Wildman–Crippen MR) is 157 cm³/mol. The van der Waals surface area contributed by atoms with E-state index in [1.165, 1.54) is 0 Å². The fourth-order valence-electron chi connectivity index (χ4n) is 10.8. The molecule has 7 N–H and O–H groups in total. The zero-order valence-corrected chi connectivity index (χ0v) is 26.7. The zero-order valence-electron chi connectivity index (χ0n) is 26.7. The van der Waals surface area contributed by atoms with Crippen molar-refractivity contribution in [1.29, 1.82) is 0 Å². The molecular formula is C33H54O12. The summed E-state index contributed by atoms with van der Waals surface area (Å²) >= 11 is 0. The van der Waals surface area contributed by atoms with Crippen molar-refractivity contribution >= 4 is 5.78 Å². The van der Waals surface area contributed by atoms with Crippen LogP contribution in [0, 0.1) is 40.4 Å². The Morgan fingerprint density at radius 3 is 2.00 bits per heavy atom. The Balaban J connectivity index is 1.15. The van der Waals surface area contributed by atoms with E-state index in [0.29, 0.717) is 29.5 Å². The second kappa shape index (κ2) is 12.9. The van der Waals surface area contributed by atoms with Gasteiger partial charge in [0.15, 0.2) is 12.6 Å². The van der Waals surface area contributed by atoms with Crippen molar-refractivity contribution in [3.63, 3.8) is 0 Å². The number of Topliss-reactive ketones (excluding diaryl/α,β-unsaturated/α-hetero) is 1. The van der Waals surface area contributed by atoms with Crippen LogP contribution in [0.4, 0.5) is 0 Å². The highest BCUT2D eigenvalue weighted by Crippen LogP contribution is 2.67. The first kappa shape index (κ1) is 34.1. The summed E-state index contributed by atoms with van der Waals surface area (Å²) in [6.07, 6.45) is -5.71. The molecule has 12 heteroatoms. The molecule has 0 aromatic rings. The van der Waals surface area contributed by atoms with Gasteiger partial charge in [-0.05, 0) is 99.2 Å². The molecule has 18 atom stereocenters. The number of hydrogen-bond acceptors (Lipinski definition) is 12. The van der Waals surface area contributed by atoms with Crippen LogP contribution in [0.1, 0.15) is 78.6 Å². The molecule has 0 spiro atoms. The van der Waals surface area contributed by atoms with Gasteiger partial charge < -0.3 is 54.7 Å². The summed E-state index contributed by atoms with van der Waals surface area (Å²) in [5.74, 6) is 2.77. The number of ketones is 1. The summed E-state index contributed by atoms with van der Waals surface area (Å²) in [7, 11) is 0. The first-order valence-electron chi connectivity index (χ1n) is 17.1. The van der Waals surface area contributed by atoms with Crippen LogP contribution in [0.5, 0.6) is 0 Å². The number of aliphatic hydroxyl groups is 7. The Bertz CT molecular complexity index is 1060. The monoisotopic (exact) mass is 642 g/mol. The van der Waals surface area contributed by atoms with Crippen LogP contribution in [-0.4, -0.2) is 122 Å². The largest absolute Gasteiger partial charge is 0.394 e. The second-order valence-electron chi connectivity index (χ2n) is 15.5. The van der Waals surface area contributed by atoms with Gasteiger partial charge in [0.05, 0.1) is 19.3 Å². The van der Waals surface area contributed by atoms with E-state index in [-0.39, 0.29) is 22.9 Å². The van der Waals surface area contributed by atoms with E-state index >= 15 is 0 Å². The van der Waals surface area contributed by atoms with Gasteiger partial charge in [0.25, 0.3) is 0 Å². The molecule has 2 saturated heterocycles. The number of fused-ring (bicyclic) bond motifs is 5. The standard InChI is InChI=1S/C33H54O12/c1-15(36)19-6-7-20-18-5-4-16-12-17(8-10-32(16,2)21(18)9-11-33(19,20)3)42-31-29(27(40)25(38)23(14-35)44-31)45-30-28(41)26(39)24(37)22(13-34)43-30/h16-31,34-35,37-41H,4-14H2,1-3H3/t16-,17+,18+,19-,20+,21+,22-,23-,24-,25+,26+,27+,28-,29-,30+,31-,32+,33-/m1/s1. The van der Waals surface area contributed by atoms with Crippen molar-refractivity contribution in [2.45, 2.75) is 146 Å². The lowest BCUT2D eigenvalue weighted by Crippen LogP contribution is -2.65. The van der Waals surface area contributed by atoms with Gasteiger partial charge in [0.2, 0.25) is 0 Å². The summed E-state index contributed by atoms with van der Waals surface area (Å²) in [6.45, 7) is 5.36. The predicted octanol–water partition coefficient (Wildman–Crippen LogP) is 0.244. The van der Waals surface area contributed by atoms with Crippen molar-refractivity contribution in [2.75, 3.05) is 13.2 Å². The van der Waals surface area contributed by atoms with Crippen LogP contribution in [0.25, 0.3) is 0 Å². The third kappa shape index (κ3) is 5.73. The van der Waals surface area contributed by atoms with Crippen molar-refractivity contribution in [1.82, 2.24) is 0 Å². The number of ether oxygens (including phenoxy) is 4. The summed E-state index contributed by atoms with van der Waals surface area (Å²) in [4.78, 5) is 12.5. The summed E-state index contributed by atoms with van der Waals surface area (Å²) in [6, 6.07) is 0. The maximum Gasteiger partial charge on any atom is 0.187 e. The van der Waals surface area contributed by atoms with Crippen LogP contribution in [0.2, 0.25) is 0 Å². The van der Waals surface area contributed by atoms with Crippen molar-refractivity contribution in [3.8, 4) is 0 Å². The normalized spacial score (nSPS) is 55.0. The lowest BCUT2D eigenvalue weighted by molar-refractivity contribution is -0.373. The zero-order chi connectivity index (χ0) is 32.4. The Kier molecular flexibility index (Phi) is 9.80. The van der Waals surface area contributed by atoms with Crippen LogP contribution >= 0.6 is 0 Å². The summed E-state index contributed by atoms with van der Waals surface area (Å²) in [5.41, 5.74) is 0.265. The van der Waals surface area contributed by atoms with E-state index in [0.717, 1.165) is 57.8 Å². The minimum Gasteiger partial charge on any atom is -0.394 e. The third-order valence-corrected chi connectivity index (χ3v) is 13.4. The first-order valence-corrected chi connectivity index (χ1v) is 17.1. The van der Waals surface area contributed by atoms with Crippen LogP contribution in [0.3, 0.4) is 0 Å². The highest BCUT2D eigenvalue weighted by molar-refractivity contribution is 5.79. The highest BCUT2D eigenvalue weighted by Gasteiger charge is 2.61. The molecule has 0 radical (unpaired) electrons. The molecule has 2 aliphatic heterocycles. The molecule has 6 aliphatic rings. The van der Waals surface area contributed by atoms with E-state index in [1.807, 2.05) is 0 Å². The van der Waals surface area contributed by atoms with E-state index in [1.54, 1.807) is 6.92 Å². The number of carbonyl (C=O) groups is 1. The maximum absolute atomic E-state index is 12.5. The quantitative estimate of drug-likeness (QED) is 0.187. The smallest absolute Gasteiger partial charge is 0.187 e. The molecule has 2 heterocycles.